The third-order valence-corrected chi connectivity index (χ3v) is 2.86. The molecule has 0 radical (unpaired) electrons. The number of nitrogens with two attached hydrogens (primary N) is 1. The van der Waals surface area contributed by atoms with Gasteiger partial charge < -0.3 is 20.4 Å². The van der Waals surface area contributed by atoms with Crippen LogP contribution in [-0.2, 0) is 6.54 Å². The maximum absolute atomic E-state index is 12.0. The lowest BCUT2D eigenvalue weighted by Gasteiger charge is -2.08. The van der Waals surface area contributed by atoms with Gasteiger partial charge in [-0.25, -0.2) is 4.98 Å². The summed E-state index contributed by atoms with van der Waals surface area (Å²) in [5.41, 5.74) is 6.73. The van der Waals surface area contributed by atoms with Crippen molar-refractivity contribution in [1.29, 1.82) is 0 Å². The Morgan fingerprint density at radius 2 is 2.30 bits per heavy atom. The molecule has 1 aromatic heterocycles. The lowest BCUT2D eigenvalue weighted by atomic mass is 10.1. The van der Waals surface area contributed by atoms with Crippen LogP contribution in [0.15, 0.2) is 36.9 Å². The van der Waals surface area contributed by atoms with Gasteiger partial charge >= 0.3 is 0 Å². The molecule has 1 amide bonds. The average Bonchev–Trinajstić information content (AvgIpc) is 2.95. The number of benzene rings is 1. The van der Waals surface area contributed by atoms with Crippen molar-refractivity contribution in [3.05, 3.63) is 42.5 Å². The van der Waals surface area contributed by atoms with E-state index in [9.17, 15) is 4.79 Å². The van der Waals surface area contributed by atoms with E-state index in [2.05, 4.69) is 10.3 Å². The number of nitrogens with one attached hydrogen (secondary N) is 1. The molecule has 0 spiro atoms. The number of nitrogens with zero attached hydrogens (tertiary/aromatic N) is 2. The Kier molecular flexibility index (Phi) is 4.60. The van der Waals surface area contributed by atoms with Gasteiger partial charge in [0.25, 0.3) is 5.91 Å². The second-order valence-corrected chi connectivity index (χ2v) is 4.40. The average molecular weight is 274 g/mol. The number of amides is 1. The molecular formula is C14H18N4O2. The van der Waals surface area contributed by atoms with Crippen molar-refractivity contribution in [2.24, 2.45) is 0 Å². The van der Waals surface area contributed by atoms with Crippen molar-refractivity contribution in [3.8, 4) is 5.75 Å². The van der Waals surface area contributed by atoms with Crippen LogP contribution < -0.4 is 15.8 Å². The molecule has 0 unspecified atom stereocenters. The highest BCUT2D eigenvalue weighted by Gasteiger charge is 2.07. The van der Waals surface area contributed by atoms with Gasteiger partial charge in [0.05, 0.1) is 13.4 Å². The lowest BCUT2D eigenvalue weighted by molar-refractivity contribution is 0.0952. The summed E-state index contributed by atoms with van der Waals surface area (Å²) in [6.07, 6.45) is 6.22. The van der Waals surface area contributed by atoms with E-state index in [1.807, 2.05) is 10.8 Å². The third-order valence-electron chi connectivity index (χ3n) is 2.86. The summed E-state index contributed by atoms with van der Waals surface area (Å²) in [5, 5.41) is 2.86. The number of methoxy groups -OCH3 is 1. The smallest absolute Gasteiger partial charge is 0.251 e. The highest BCUT2D eigenvalue weighted by molar-refractivity contribution is 5.95. The number of aryl methyl sites for hydroxylation is 1. The highest BCUT2D eigenvalue weighted by atomic mass is 16.5. The predicted molar refractivity (Wildman–Crippen MR) is 76.6 cm³/mol. The molecule has 0 saturated carbocycles. The molecule has 1 heterocycles. The van der Waals surface area contributed by atoms with Gasteiger partial charge in [-0.3, -0.25) is 4.79 Å². The fourth-order valence-corrected chi connectivity index (χ4v) is 1.86. The molecule has 0 atom stereocenters. The molecule has 2 rings (SSSR count). The summed E-state index contributed by atoms with van der Waals surface area (Å²) in [6, 6.07) is 4.98. The van der Waals surface area contributed by atoms with E-state index in [0.717, 1.165) is 13.0 Å². The number of ether oxygens (including phenoxy) is 1. The Bertz CT molecular complexity index is 567. The standard InChI is InChI=1S/C14H18N4O2/c1-20-13-8-11(7-12(15)9-13)14(19)17-3-2-5-18-6-4-16-10-18/h4,6-10H,2-3,5,15H2,1H3,(H,17,19). The number of anilines is 1. The molecule has 2 aromatic rings. The van der Waals surface area contributed by atoms with Crippen LogP contribution in [0.25, 0.3) is 0 Å². The quantitative estimate of drug-likeness (QED) is 0.614. The molecule has 0 aliphatic rings. The van der Waals surface area contributed by atoms with E-state index >= 15 is 0 Å². The van der Waals surface area contributed by atoms with Gasteiger partial charge in [-0.2, -0.15) is 0 Å². The van der Waals surface area contributed by atoms with Gasteiger partial charge in [-0.1, -0.05) is 0 Å². The van der Waals surface area contributed by atoms with E-state index in [4.69, 9.17) is 10.5 Å². The zero-order valence-electron chi connectivity index (χ0n) is 11.4. The summed E-state index contributed by atoms with van der Waals surface area (Å²) in [7, 11) is 1.54. The Balaban J connectivity index is 1.83. The highest BCUT2D eigenvalue weighted by Crippen LogP contribution is 2.18. The van der Waals surface area contributed by atoms with E-state index < -0.39 is 0 Å². The van der Waals surface area contributed by atoms with E-state index in [-0.39, 0.29) is 5.91 Å². The van der Waals surface area contributed by atoms with Crippen LogP contribution >= 0.6 is 0 Å². The second kappa shape index (κ2) is 6.60. The summed E-state index contributed by atoms with van der Waals surface area (Å²) >= 11 is 0. The van der Waals surface area contributed by atoms with Gasteiger partial charge in [0.1, 0.15) is 5.75 Å². The summed E-state index contributed by atoms with van der Waals surface area (Å²) in [5.74, 6) is 0.426. The first kappa shape index (κ1) is 13.9. The topological polar surface area (TPSA) is 82.2 Å². The SMILES string of the molecule is COc1cc(N)cc(C(=O)NCCCn2ccnc2)c1. The zero-order valence-corrected chi connectivity index (χ0v) is 11.4. The van der Waals surface area contributed by atoms with Gasteiger partial charge in [0.15, 0.2) is 0 Å². The maximum atomic E-state index is 12.0. The van der Waals surface area contributed by atoms with E-state index in [1.165, 1.54) is 0 Å². The number of imidazole rings is 1. The van der Waals surface area contributed by atoms with Crippen molar-refractivity contribution in [3.63, 3.8) is 0 Å². The number of carbonyl (C=O) groups is 1. The van der Waals surface area contributed by atoms with Gasteiger partial charge in [0.2, 0.25) is 0 Å². The summed E-state index contributed by atoms with van der Waals surface area (Å²) in [4.78, 5) is 15.9. The second-order valence-electron chi connectivity index (χ2n) is 4.40. The predicted octanol–water partition coefficient (Wildman–Crippen LogP) is 1.29. The van der Waals surface area contributed by atoms with Crippen molar-refractivity contribution in [1.82, 2.24) is 14.9 Å². The van der Waals surface area contributed by atoms with Crippen LogP contribution in [-0.4, -0.2) is 29.1 Å². The van der Waals surface area contributed by atoms with Gasteiger partial charge in [0, 0.05) is 42.8 Å². The first-order chi connectivity index (χ1) is 9.69. The molecule has 0 aliphatic carbocycles. The molecule has 1 aromatic carbocycles. The molecular weight excluding hydrogens is 256 g/mol. The largest absolute Gasteiger partial charge is 0.497 e. The Morgan fingerprint density at radius 3 is 3.00 bits per heavy atom. The molecule has 0 fully saturated rings. The van der Waals surface area contributed by atoms with Gasteiger partial charge in [-0.05, 0) is 18.6 Å². The maximum Gasteiger partial charge on any atom is 0.251 e. The molecule has 106 valence electrons. The van der Waals surface area contributed by atoms with Crippen LogP contribution in [0.3, 0.4) is 0 Å². The van der Waals surface area contributed by atoms with Crippen molar-refractivity contribution >= 4 is 11.6 Å². The Morgan fingerprint density at radius 1 is 1.45 bits per heavy atom. The minimum Gasteiger partial charge on any atom is -0.497 e. The van der Waals surface area contributed by atoms with E-state index in [0.29, 0.717) is 23.5 Å². The molecule has 3 N–H and O–H groups in total. The summed E-state index contributed by atoms with van der Waals surface area (Å²) < 4.78 is 7.06. The normalized spacial score (nSPS) is 10.2. The minimum atomic E-state index is -0.152. The minimum absolute atomic E-state index is 0.152. The number of aromatic nitrogens is 2. The molecule has 6 nitrogen and oxygen atoms in total. The summed E-state index contributed by atoms with van der Waals surface area (Å²) in [6.45, 7) is 1.41. The van der Waals surface area contributed by atoms with Crippen molar-refractivity contribution in [2.75, 3.05) is 19.4 Å². The van der Waals surface area contributed by atoms with Crippen LogP contribution in [0.2, 0.25) is 0 Å². The molecule has 6 heteroatoms. The van der Waals surface area contributed by atoms with Crippen LogP contribution in [0.1, 0.15) is 16.8 Å². The first-order valence-corrected chi connectivity index (χ1v) is 6.37. The fraction of sp³-hybridized carbons (Fsp3) is 0.286. The number of rotatable bonds is 6. The van der Waals surface area contributed by atoms with E-state index in [1.54, 1.807) is 37.8 Å². The number of carbonyl (C=O) groups excluding carboxylic acids is 1. The Hall–Kier alpha value is -2.50. The zero-order chi connectivity index (χ0) is 14.4. The lowest BCUT2D eigenvalue weighted by Crippen LogP contribution is -2.25. The molecule has 0 bridgehead atoms. The molecule has 0 aliphatic heterocycles. The third kappa shape index (κ3) is 3.74. The first-order valence-electron chi connectivity index (χ1n) is 6.37. The monoisotopic (exact) mass is 274 g/mol. The van der Waals surface area contributed by atoms with Crippen molar-refractivity contribution < 1.29 is 9.53 Å². The molecule has 20 heavy (non-hydrogen) atoms. The number of hydrogen-bond donors (Lipinski definition) is 2. The van der Waals surface area contributed by atoms with Crippen LogP contribution in [0.4, 0.5) is 5.69 Å². The number of hydrogen-bond acceptors (Lipinski definition) is 4. The van der Waals surface area contributed by atoms with Crippen LogP contribution in [0.5, 0.6) is 5.75 Å². The number of nitrogen functional groups attached to an aromatic ring is 1. The Labute approximate surface area is 117 Å². The molecule has 0 saturated heterocycles. The van der Waals surface area contributed by atoms with Crippen molar-refractivity contribution in [2.45, 2.75) is 13.0 Å². The fourth-order valence-electron chi connectivity index (χ4n) is 1.86. The van der Waals surface area contributed by atoms with Crippen LogP contribution in [0, 0.1) is 0 Å². The van der Waals surface area contributed by atoms with Gasteiger partial charge in [-0.15, -0.1) is 0 Å².